The molecule has 0 saturated heterocycles. The van der Waals surface area contributed by atoms with Gasteiger partial charge < -0.3 is 0 Å². The van der Waals surface area contributed by atoms with Crippen LogP contribution in [0.25, 0.3) is 0 Å². The molecule has 0 spiro atoms. The maximum atomic E-state index is 5.75. The highest BCUT2D eigenvalue weighted by atomic mass is 35.5. The first kappa shape index (κ1) is 15.6. The number of unbranched alkanes of at least 4 members (excludes halogenated alkanes) is 2. The predicted octanol–water partition coefficient (Wildman–Crippen LogP) is 6.35. The quantitative estimate of drug-likeness (QED) is 0.359. The molecule has 0 bridgehead atoms. The number of alkyl halides is 2. The Morgan fingerprint density at radius 2 is 1.41 bits per heavy atom. The van der Waals surface area contributed by atoms with Crippen molar-refractivity contribution < 1.29 is 0 Å². The van der Waals surface area contributed by atoms with Crippen LogP contribution in [0.5, 0.6) is 0 Å². The van der Waals surface area contributed by atoms with Crippen molar-refractivity contribution in [1.82, 2.24) is 0 Å². The Balaban J connectivity index is 2.01. The largest absolute Gasteiger partial charge is 0.107 e. The molecule has 0 atom stereocenters. The Kier molecular flexibility index (Phi) is 8.74. The van der Waals surface area contributed by atoms with E-state index in [2.05, 4.69) is 6.92 Å². The highest BCUT2D eigenvalue weighted by molar-refractivity contribution is 6.44. The van der Waals surface area contributed by atoms with Gasteiger partial charge in [0.05, 0.1) is 0 Å². The van der Waals surface area contributed by atoms with Crippen LogP contribution < -0.4 is 0 Å². The van der Waals surface area contributed by atoms with Gasteiger partial charge in [-0.2, -0.15) is 0 Å². The lowest BCUT2D eigenvalue weighted by atomic mass is 9.78. The summed E-state index contributed by atoms with van der Waals surface area (Å²) in [6, 6.07) is 0. The first-order chi connectivity index (χ1) is 8.22. The maximum Gasteiger partial charge on any atom is 0.107 e. The Labute approximate surface area is 117 Å². The Bertz CT molecular complexity index is 172. The molecule has 1 aliphatic carbocycles. The molecular formula is C15H28Cl2. The summed E-state index contributed by atoms with van der Waals surface area (Å²) in [6.45, 7) is 2.29. The van der Waals surface area contributed by atoms with E-state index < -0.39 is 0 Å². The van der Waals surface area contributed by atoms with Crippen LogP contribution in [-0.4, -0.2) is 4.84 Å². The first-order valence-corrected chi connectivity index (χ1v) is 8.37. The Morgan fingerprint density at radius 3 is 1.88 bits per heavy atom. The zero-order chi connectivity index (χ0) is 12.5. The molecule has 1 rings (SSSR count). The minimum absolute atomic E-state index is 0.152. The topological polar surface area (TPSA) is 0 Å². The second-order valence-corrected chi connectivity index (χ2v) is 6.98. The van der Waals surface area contributed by atoms with Gasteiger partial charge in [0.25, 0.3) is 0 Å². The summed E-state index contributed by atoms with van der Waals surface area (Å²) < 4.78 is 0. The summed E-state index contributed by atoms with van der Waals surface area (Å²) in [4.78, 5) is -0.152. The van der Waals surface area contributed by atoms with Gasteiger partial charge in [-0.3, -0.25) is 0 Å². The van der Waals surface area contributed by atoms with Crippen molar-refractivity contribution in [2.24, 2.45) is 11.8 Å². The molecule has 0 heterocycles. The van der Waals surface area contributed by atoms with E-state index in [0.717, 1.165) is 18.3 Å². The van der Waals surface area contributed by atoms with Crippen LogP contribution in [0.15, 0.2) is 0 Å². The van der Waals surface area contributed by atoms with Crippen molar-refractivity contribution in [2.45, 2.75) is 82.4 Å². The summed E-state index contributed by atoms with van der Waals surface area (Å²) in [5, 5.41) is 0. The zero-order valence-corrected chi connectivity index (χ0v) is 12.8. The average molecular weight is 279 g/mol. The molecule has 102 valence electrons. The monoisotopic (exact) mass is 278 g/mol. The third-order valence-corrected chi connectivity index (χ3v) is 4.65. The van der Waals surface area contributed by atoms with E-state index in [-0.39, 0.29) is 4.84 Å². The van der Waals surface area contributed by atoms with Crippen LogP contribution in [-0.2, 0) is 0 Å². The van der Waals surface area contributed by atoms with Gasteiger partial charge in [0.15, 0.2) is 0 Å². The standard InChI is InChI=1S/C15H28Cl2/c1-2-3-4-6-13-9-11-14(12-10-13)7-5-8-15(16)17/h13-15H,2-12H2,1H3. The average Bonchev–Trinajstić information content (AvgIpc) is 2.31. The van der Waals surface area contributed by atoms with Crippen molar-refractivity contribution in [3.05, 3.63) is 0 Å². The van der Waals surface area contributed by atoms with Gasteiger partial charge in [-0.1, -0.05) is 71.1 Å². The molecule has 2 heteroatoms. The predicted molar refractivity (Wildman–Crippen MR) is 78.9 cm³/mol. The normalized spacial score (nSPS) is 25.4. The van der Waals surface area contributed by atoms with E-state index in [4.69, 9.17) is 23.2 Å². The second-order valence-electron chi connectivity index (χ2n) is 5.70. The molecule has 1 saturated carbocycles. The van der Waals surface area contributed by atoms with Crippen LogP contribution in [0.4, 0.5) is 0 Å². The molecule has 1 aliphatic rings. The lowest BCUT2D eigenvalue weighted by Gasteiger charge is -2.28. The SMILES string of the molecule is CCCCCC1CCC(CCCC(Cl)Cl)CC1. The minimum atomic E-state index is -0.152. The lowest BCUT2D eigenvalue weighted by molar-refractivity contribution is 0.245. The molecule has 0 N–H and O–H groups in total. The fraction of sp³-hybridized carbons (Fsp3) is 1.00. The first-order valence-electron chi connectivity index (χ1n) is 7.50. The molecular weight excluding hydrogens is 251 g/mol. The van der Waals surface area contributed by atoms with E-state index in [0.29, 0.717) is 0 Å². The van der Waals surface area contributed by atoms with Crippen LogP contribution >= 0.6 is 23.2 Å². The van der Waals surface area contributed by atoms with Gasteiger partial charge in [0.2, 0.25) is 0 Å². The van der Waals surface area contributed by atoms with Gasteiger partial charge in [-0.25, -0.2) is 0 Å². The number of halogens is 2. The molecule has 17 heavy (non-hydrogen) atoms. The van der Waals surface area contributed by atoms with E-state index in [1.165, 1.54) is 64.2 Å². The summed E-state index contributed by atoms with van der Waals surface area (Å²) in [5.41, 5.74) is 0. The molecule has 0 amide bonds. The third kappa shape index (κ3) is 7.57. The van der Waals surface area contributed by atoms with E-state index in [9.17, 15) is 0 Å². The number of rotatable bonds is 8. The minimum Gasteiger partial charge on any atom is -0.105 e. The van der Waals surface area contributed by atoms with Crippen molar-refractivity contribution in [2.75, 3.05) is 0 Å². The van der Waals surface area contributed by atoms with Crippen molar-refractivity contribution >= 4 is 23.2 Å². The molecule has 0 unspecified atom stereocenters. The van der Waals surface area contributed by atoms with Gasteiger partial charge in [0, 0.05) is 0 Å². The van der Waals surface area contributed by atoms with Crippen LogP contribution in [0.2, 0.25) is 0 Å². The fourth-order valence-corrected chi connectivity index (χ4v) is 3.36. The molecule has 0 radical (unpaired) electrons. The maximum absolute atomic E-state index is 5.75. The molecule has 0 aromatic heterocycles. The van der Waals surface area contributed by atoms with Crippen molar-refractivity contribution in [1.29, 1.82) is 0 Å². The summed E-state index contributed by atoms with van der Waals surface area (Å²) in [5.74, 6) is 2.00. The Hall–Kier alpha value is 0.580. The summed E-state index contributed by atoms with van der Waals surface area (Å²) in [6.07, 6.45) is 15.1. The molecule has 0 aromatic carbocycles. The van der Waals surface area contributed by atoms with Crippen LogP contribution in [0.1, 0.15) is 77.6 Å². The van der Waals surface area contributed by atoms with Gasteiger partial charge in [-0.05, 0) is 18.3 Å². The summed E-state index contributed by atoms with van der Waals surface area (Å²) >= 11 is 11.5. The second kappa shape index (κ2) is 9.50. The van der Waals surface area contributed by atoms with Crippen LogP contribution in [0, 0.1) is 11.8 Å². The third-order valence-electron chi connectivity index (χ3n) is 4.22. The zero-order valence-electron chi connectivity index (χ0n) is 11.3. The smallest absolute Gasteiger partial charge is 0.105 e. The molecule has 0 nitrogen and oxygen atoms in total. The van der Waals surface area contributed by atoms with Gasteiger partial charge in [0.1, 0.15) is 4.84 Å². The van der Waals surface area contributed by atoms with Crippen LogP contribution in [0.3, 0.4) is 0 Å². The summed E-state index contributed by atoms with van der Waals surface area (Å²) in [7, 11) is 0. The van der Waals surface area contributed by atoms with Crippen molar-refractivity contribution in [3.63, 3.8) is 0 Å². The van der Waals surface area contributed by atoms with Crippen molar-refractivity contribution in [3.8, 4) is 0 Å². The lowest BCUT2D eigenvalue weighted by Crippen LogP contribution is -2.14. The molecule has 1 fully saturated rings. The highest BCUT2D eigenvalue weighted by Crippen LogP contribution is 2.34. The molecule has 0 aliphatic heterocycles. The Morgan fingerprint density at radius 1 is 0.882 bits per heavy atom. The van der Waals surface area contributed by atoms with E-state index in [1.807, 2.05) is 0 Å². The van der Waals surface area contributed by atoms with E-state index >= 15 is 0 Å². The molecule has 0 aromatic rings. The van der Waals surface area contributed by atoms with Gasteiger partial charge in [-0.15, -0.1) is 23.2 Å². The highest BCUT2D eigenvalue weighted by Gasteiger charge is 2.20. The number of hydrogen-bond acceptors (Lipinski definition) is 0. The van der Waals surface area contributed by atoms with E-state index in [1.54, 1.807) is 0 Å². The number of hydrogen-bond donors (Lipinski definition) is 0. The fourth-order valence-electron chi connectivity index (χ4n) is 3.05. The van der Waals surface area contributed by atoms with Gasteiger partial charge >= 0.3 is 0 Å².